The third-order valence-electron chi connectivity index (χ3n) is 1.43. The summed E-state index contributed by atoms with van der Waals surface area (Å²) in [5.74, 6) is -0.340. The summed E-state index contributed by atoms with van der Waals surface area (Å²) < 4.78 is 14.3. The molecule has 0 bridgehead atoms. The lowest BCUT2D eigenvalue weighted by Gasteiger charge is -1.89. The van der Waals surface area contributed by atoms with Crippen molar-refractivity contribution in [1.29, 1.82) is 0 Å². The first kappa shape index (κ1) is 9.64. The van der Waals surface area contributed by atoms with Gasteiger partial charge in [0.1, 0.15) is 0 Å². The van der Waals surface area contributed by atoms with E-state index >= 15 is 0 Å². The molecule has 0 aliphatic rings. The molecule has 70 valence electrons. The predicted molar refractivity (Wildman–Crippen MR) is 49.0 cm³/mol. The summed E-state index contributed by atoms with van der Waals surface area (Å²) in [6.07, 6.45) is 3.09. The molecule has 0 spiro atoms. The fraction of sp³-hybridized carbons (Fsp3) is 0.333. The minimum atomic E-state index is -0.340. The summed E-state index contributed by atoms with van der Waals surface area (Å²) in [5, 5.41) is 3.88. The second kappa shape index (κ2) is 3.98. The molecular formula is C9H12FN3. The number of fused-ring (bicyclic) bond motifs is 1. The molecule has 2 aromatic rings. The highest BCUT2D eigenvalue weighted by molar-refractivity contribution is 5.38. The maximum absolute atomic E-state index is 12.9. The molecule has 0 fully saturated rings. The van der Waals surface area contributed by atoms with Gasteiger partial charge in [0, 0.05) is 0 Å². The van der Waals surface area contributed by atoms with E-state index in [0.717, 1.165) is 5.69 Å². The Balaban J connectivity index is 0.000000396. The number of hydrogen-bond donors (Lipinski definition) is 0. The Morgan fingerprint density at radius 3 is 2.69 bits per heavy atom. The van der Waals surface area contributed by atoms with E-state index < -0.39 is 0 Å². The predicted octanol–water partition coefficient (Wildman–Crippen LogP) is 2.20. The molecule has 4 heteroatoms. The number of hydrogen-bond acceptors (Lipinski definition) is 2. The van der Waals surface area contributed by atoms with Crippen LogP contribution in [0.2, 0.25) is 0 Å². The van der Waals surface area contributed by atoms with E-state index in [9.17, 15) is 4.39 Å². The van der Waals surface area contributed by atoms with E-state index in [-0.39, 0.29) is 11.5 Å². The summed E-state index contributed by atoms with van der Waals surface area (Å²) in [6.45, 7) is 5.80. The van der Waals surface area contributed by atoms with Crippen molar-refractivity contribution in [3.8, 4) is 0 Å². The number of aryl methyl sites for hydroxylation is 1. The Hall–Kier alpha value is -1.45. The normalized spacial score (nSPS) is 9.54. The summed E-state index contributed by atoms with van der Waals surface area (Å²) in [7, 11) is 0. The summed E-state index contributed by atoms with van der Waals surface area (Å²) >= 11 is 0. The molecule has 0 aromatic carbocycles. The molecule has 0 amide bonds. The number of imidazole rings is 1. The lowest BCUT2D eigenvalue weighted by molar-refractivity contribution is 0.622. The minimum absolute atomic E-state index is 0.282. The second-order valence-corrected chi connectivity index (χ2v) is 2.33. The molecule has 3 nitrogen and oxygen atoms in total. The molecule has 0 aliphatic heterocycles. The molecular weight excluding hydrogens is 169 g/mol. The molecule has 0 aliphatic carbocycles. The number of aromatic nitrogens is 3. The zero-order chi connectivity index (χ0) is 9.84. The second-order valence-electron chi connectivity index (χ2n) is 2.33. The monoisotopic (exact) mass is 181 g/mol. The van der Waals surface area contributed by atoms with Gasteiger partial charge in [-0.15, -0.1) is 0 Å². The van der Waals surface area contributed by atoms with E-state index in [1.807, 2.05) is 13.8 Å². The Morgan fingerprint density at radius 2 is 2.08 bits per heavy atom. The van der Waals surface area contributed by atoms with Crippen LogP contribution in [0, 0.1) is 12.7 Å². The maximum Gasteiger partial charge on any atom is 0.190 e. The van der Waals surface area contributed by atoms with E-state index in [2.05, 4.69) is 10.1 Å². The molecule has 0 saturated heterocycles. The van der Waals surface area contributed by atoms with Gasteiger partial charge in [-0.3, -0.25) is 0 Å². The average Bonchev–Trinajstić information content (AvgIpc) is 2.51. The third-order valence-corrected chi connectivity index (χ3v) is 1.43. The Kier molecular flexibility index (Phi) is 2.95. The van der Waals surface area contributed by atoms with Gasteiger partial charge in [-0.1, -0.05) is 13.8 Å². The topological polar surface area (TPSA) is 30.2 Å². The van der Waals surface area contributed by atoms with Gasteiger partial charge in [0.15, 0.2) is 11.5 Å². The van der Waals surface area contributed by atoms with Gasteiger partial charge in [-0.2, -0.15) is 5.10 Å². The molecule has 0 radical (unpaired) electrons. The first-order valence-corrected chi connectivity index (χ1v) is 4.24. The SMILES string of the molecule is CC.Cc1cn2nccc(F)c2n1. The average molecular weight is 181 g/mol. The van der Waals surface area contributed by atoms with Crippen LogP contribution in [0.4, 0.5) is 4.39 Å². The van der Waals surface area contributed by atoms with Crippen LogP contribution in [-0.4, -0.2) is 14.6 Å². The van der Waals surface area contributed by atoms with Gasteiger partial charge in [0.25, 0.3) is 0 Å². The molecule has 0 N–H and O–H groups in total. The summed E-state index contributed by atoms with van der Waals surface area (Å²) in [5.41, 5.74) is 1.05. The van der Waals surface area contributed by atoms with E-state index in [1.165, 1.54) is 16.8 Å². The fourth-order valence-corrected chi connectivity index (χ4v) is 0.981. The number of halogens is 1. The Morgan fingerprint density at radius 1 is 1.38 bits per heavy atom. The number of nitrogens with zero attached hydrogens (tertiary/aromatic N) is 3. The van der Waals surface area contributed by atoms with Crippen molar-refractivity contribution in [3.63, 3.8) is 0 Å². The molecule has 13 heavy (non-hydrogen) atoms. The van der Waals surface area contributed by atoms with E-state index in [4.69, 9.17) is 0 Å². The van der Waals surface area contributed by atoms with Crippen LogP contribution in [-0.2, 0) is 0 Å². The molecule has 2 rings (SSSR count). The van der Waals surface area contributed by atoms with Crippen molar-refractivity contribution < 1.29 is 4.39 Å². The largest absolute Gasteiger partial charge is 0.230 e. The molecule has 0 unspecified atom stereocenters. The standard InChI is InChI=1S/C7H6FN3.C2H6/c1-5-4-11-7(10-5)6(8)2-3-9-11;1-2/h2-4H,1H3;1-2H3. The lowest BCUT2D eigenvalue weighted by atomic mass is 10.5. The highest BCUT2D eigenvalue weighted by Crippen LogP contribution is 2.05. The Labute approximate surface area is 76.2 Å². The van der Waals surface area contributed by atoms with Crippen molar-refractivity contribution in [2.24, 2.45) is 0 Å². The quantitative estimate of drug-likeness (QED) is 0.623. The molecule has 2 aromatic heterocycles. The smallest absolute Gasteiger partial charge is 0.190 e. The van der Waals surface area contributed by atoms with Gasteiger partial charge in [-0.25, -0.2) is 13.9 Å². The Bertz CT molecular complexity index is 395. The zero-order valence-corrected chi connectivity index (χ0v) is 7.95. The van der Waals surface area contributed by atoms with Crippen molar-refractivity contribution in [1.82, 2.24) is 14.6 Å². The van der Waals surface area contributed by atoms with Crippen LogP contribution >= 0.6 is 0 Å². The van der Waals surface area contributed by atoms with Crippen LogP contribution in [0.3, 0.4) is 0 Å². The number of rotatable bonds is 0. The van der Waals surface area contributed by atoms with Crippen LogP contribution in [0.25, 0.3) is 5.65 Å². The molecule has 0 atom stereocenters. The van der Waals surface area contributed by atoms with Crippen molar-refractivity contribution in [2.75, 3.05) is 0 Å². The van der Waals surface area contributed by atoms with Crippen LogP contribution in [0.5, 0.6) is 0 Å². The van der Waals surface area contributed by atoms with Crippen molar-refractivity contribution in [3.05, 3.63) is 30.0 Å². The van der Waals surface area contributed by atoms with Gasteiger partial charge in [-0.05, 0) is 13.0 Å². The third kappa shape index (κ3) is 1.83. The van der Waals surface area contributed by atoms with Gasteiger partial charge < -0.3 is 0 Å². The fourth-order valence-electron chi connectivity index (χ4n) is 0.981. The molecule has 0 saturated carbocycles. The van der Waals surface area contributed by atoms with Crippen molar-refractivity contribution in [2.45, 2.75) is 20.8 Å². The lowest BCUT2D eigenvalue weighted by Crippen LogP contribution is -1.90. The van der Waals surface area contributed by atoms with Crippen LogP contribution < -0.4 is 0 Å². The highest BCUT2D eigenvalue weighted by atomic mass is 19.1. The van der Waals surface area contributed by atoms with Gasteiger partial charge in [0.2, 0.25) is 0 Å². The van der Waals surface area contributed by atoms with Crippen LogP contribution in [0.15, 0.2) is 18.5 Å². The summed E-state index contributed by atoms with van der Waals surface area (Å²) in [4.78, 5) is 3.94. The maximum atomic E-state index is 12.9. The zero-order valence-electron chi connectivity index (χ0n) is 7.95. The van der Waals surface area contributed by atoms with Crippen LogP contribution in [0.1, 0.15) is 19.5 Å². The molecule has 2 heterocycles. The van der Waals surface area contributed by atoms with E-state index in [0.29, 0.717) is 0 Å². The first-order valence-electron chi connectivity index (χ1n) is 4.24. The highest BCUT2D eigenvalue weighted by Gasteiger charge is 2.02. The first-order chi connectivity index (χ1) is 6.27. The van der Waals surface area contributed by atoms with Gasteiger partial charge >= 0.3 is 0 Å². The van der Waals surface area contributed by atoms with Crippen molar-refractivity contribution >= 4 is 5.65 Å². The summed E-state index contributed by atoms with van der Waals surface area (Å²) in [6, 6.07) is 1.29. The van der Waals surface area contributed by atoms with Gasteiger partial charge in [0.05, 0.1) is 18.1 Å². The minimum Gasteiger partial charge on any atom is -0.230 e. The van der Waals surface area contributed by atoms with E-state index in [1.54, 1.807) is 13.1 Å².